The number of hydrogen-bond acceptors (Lipinski definition) is 6. The summed E-state index contributed by atoms with van der Waals surface area (Å²) in [4.78, 5) is 15.1. The highest BCUT2D eigenvalue weighted by molar-refractivity contribution is 6.19. The van der Waals surface area contributed by atoms with Crippen molar-refractivity contribution in [2.45, 2.75) is 6.54 Å². The second kappa shape index (κ2) is 4.84. The topological polar surface area (TPSA) is 114 Å². The van der Waals surface area contributed by atoms with Crippen molar-refractivity contribution in [3.8, 4) is 0 Å². The number of carbonyl (C=O) groups is 1. The average molecular weight is 248 g/mol. The average Bonchev–Trinajstić information content (AvgIpc) is 2.66. The molecule has 0 saturated carbocycles. The Kier molecular flexibility index (Phi) is 3.24. The second-order valence-electron chi connectivity index (χ2n) is 3.62. The van der Waals surface area contributed by atoms with E-state index in [1.807, 2.05) is 0 Å². The highest BCUT2D eigenvalue weighted by atomic mass is 16.3. The van der Waals surface area contributed by atoms with E-state index < -0.39 is 0 Å². The standard InChI is InChI=1S/C11H12N4O3/c12-11-9(6-13-15(11)3-4-16)14-8-2-1-7(17)5-10(8)18/h1-2,5-6,16,18H,3-4,12H2/b14-8+. The van der Waals surface area contributed by atoms with E-state index in [-0.39, 0.29) is 36.2 Å². The second-order valence-corrected chi connectivity index (χ2v) is 3.62. The van der Waals surface area contributed by atoms with Crippen LogP contribution in [0, 0.1) is 0 Å². The Morgan fingerprint density at radius 1 is 1.44 bits per heavy atom. The summed E-state index contributed by atoms with van der Waals surface area (Å²) in [5.74, 6) is -0.221. The van der Waals surface area contributed by atoms with Crippen molar-refractivity contribution in [1.29, 1.82) is 0 Å². The first-order valence-electron chi connectivity index (χ1n) is 5.25. The Balaban J connectivity index is 2.31. The van der Waals surface area contributed by atoms with E-state index in [1.54, 1.807) is 0 Å². The molecule has 2 rings (SSSR count). The van der Waals surface area contributed by atoms with Gasteiger partial charge < -0.3 is 15.9 Å². The van der Waals surface area contributed by atoms with Gasteiger partial charge >= 0.3 is 0 Å². The van der Waals surface area contributed by atoms with Crippen molar-refractivity contribution in [3.63, 3.8) is 0 Å². The molecule has 0 spiro atoms. The van der Waals surface area contributed by atoms with Gasteiger partial charge in [-0.2, -0.15) is 5.10 Å². The minimum Gasteiger partial charge on any atom is -0.506 e. The SMILES string of the molecule is Nc1c(/N=C2\C=CC(=O)C=C2O)cnn1CCO. The van der Waals surface area contributed by atoms with Crippen LogP contribution in [-0.2, 0) is 11.3 Å². The smallest absolute Gasteiger partial charge is 0.182 e. The summed E-state index contributed by atoms with van der Waals surface area (Å²) in [7, 11) is 0. The van der Waals surface area contributed by atoms with Crippen LogP contribution in [0.4, 0.5) is 11.5 Å². The van der Waals surface area contributed by atoms with Gasteiger partial charge in [-0.25, -0.2) is 9.67 Å². The Labute approximate surface area is 103 Å². The van der Waals surface area contributed by atoms with Gasteiger partial charge in [-0.05, 0) is 12.2 Å². The van der Waals surface area contributed by atoms with Crippen LogP contribution in [0.5, 0.6) is 0 Å². The van der Waals surface area contributed by atoms with Crippen LogP contribution in [0.2, 0.25) is 0 Å². The zero-order chi connectivity index (χ0) is 13.1. The number of aliphatic hydroxyl groups is 2. The number of nitrogen functional groups attached to an aromatic ring is 1. The van der Waals surface area contributed by atoms with Gasteiger partial charge in [-0.3, -0.25) is 4.79 Å². The lowest BCUT2D eigenvalue weighted by atomic mass is 10.1. The number of allylic oxidation sites excluding steroid dienone is 3. The third-order valence-corrected chi connectivity index (χ3v) is 2.36. The van der Waals surface area contributed by atoms with Crippen LogP contribution >= 0.6 is 0 Å². The van der Waals surface area contributed by atoms with Crippen LogP contribution in [0.25, 0.3) is 0 Å². The molecule has 0 radical (unpaired) electrons. The fraction of sp³-hybridized carbons (Fsp3) is 0.182. The molecule has 1 heterocycles. The lowest BCUT2D eigenvalue weighted by Gasteiger charge is -2.04. The van der Waals surface area contributed by atoms with Crippen LogP contribution in [0.1, 0.15) is 0 Å². The van der Waals surface area contributed by atoms with Crippen molar-refractivity contribution in [2.24, 2.45) is 4.99 Å². The number of aliphatic imine (C=N–C) groups is 1. The Bertz CT molecular complexity index is 569. The highest BCUT2D eigenvalue weighted by Crippen LogP contribution is 2.22. The van der Waals surface area contributed by atoms with Gasteiger partial charge in [0.25, 0.3) is 0 Å². The molecule has 0 unspecified atom stereocenters. The van der Waals surface area contributed by atoms with E-state index >= 15 is 0 Å². The molecule has 1 aromatic rings. The minimum atomic E-state index is -0.296. The molecule has 7 heteroatoms. The van der Waals surface area contributed by atoms with Gasteiger partial charge in [0.05, 0.1) is 19.3 Å². The normalized spacial score (nSPS) is 17.3. The molecule has 1 aromatic heterocycles. The fourth-order valence-electron chi connectivity index (χ4n) is 1.47. The van der Waals surface area contributed by atoms with Crippen LogP contribution in [0.15, 0.2) is 35.2 Å². The zero-order valence-electron chi connectivity index (χ0n) is 9.45. The highest BCUT2D eigenvalue weighted by Gasteiger charge is 2.12. The first-order chi connectivity index (χ1) is 8.61. The molecule has 0 aromatic carbocycles. The van der Waals surface area contributed by atoms with Crippen molar-refractivity contribution in [3.05, 3.63) is 30.2 Å². The van der Waals surface area contributed by atoms with Crippen molar-refractivity contribution in [1.82, 2.24) is 9.78 Å². The first kappa shape index (κ1) is 12.1. The predicted molar refractivity (Wildman–Crippen MR) is 65.7 cm³/mol. The summed E-state index contributed by atoms with van der Waals surface area (Å²) in [6.45, 7) is 0.189. The molecule has 94 valence electrons. The molecule has 0 aliphatic heterocycles. The lowest BCUT2D eigenvalue weighted by molar-refractivity contribution is -0.110. The molecule has 18 heavy (non-hydrogen) atoms. The molecule has 4 N–H and O–H groups in total. The number of rotatable bonds is 3. The number of carbonyl (C=O) groups excluding carboxylic acids is 1. The van der Waals surface area contributed by atoms with E-state index in [9.17, 15) is 9.90 Å². The number of nitrogens with two attached hydrogens (primary N) is 1. The number of nitrogens with zero attached hydrogens (tertiary/aromatic N) is 3. The molecule has 0 fully saturated rings. The Morgan fingerprint density at radius 2 is 2.22 bits per heavy atom. The third-order valence-electron chi connectivity index (χ3n) is 2.36. The van der Waals surface area contributed by atoms with Gasteiger partial charge in [0.1, 0.15) is 23.0 Å². The molecule has 0 atom stereocenters. The lowest BCUT2D eigenvalue weighted by Crippen LogP contribution is -2.08. The van der Waals surface area contributed by atoms with Crippen LogP contribution in [-0.4, -0.2) is 38.1 Å². The summed E-state index contributed by atoms with van der Waals surface area (Å²) in [6.07, 6.45) is 5.20. The summed E-state index contributed by atoms with van der Waals surface area (Å²) in [5, 5.41) is 22.3. The number of hydrogen-bond donors (Lipinski definition) is 3. The number of aromatic nitrogens is 2. The molecule has 0 bridgehead atoms. The number of ketones is 1. The maximum absolute atomic E-state index is 11.0. The van der Waals surface area contributed by atoms with Gasteiger partial charge in [0, 0.05) is 6.08 Å². The number of aliphatic hydroxyl groups excluding tert-OH is 2. The van der Waals surface area contributed by atoms with Crippen molar-refractivity contribution >= 4 is 23.0 Å². The van der Waals surface area contributed by atoms with Gasteiger partial charge in [-0.1, -0.05) is 0 Å². The van der Waals surface area contributed by atoms with Crippen molar-refractivity contribution in [2.75, 3.05) is 12.3 Å². The first-order valence-corrected chi connectivity index (χ1v) is 5.25. The molecule has 0 saturated heterocycles. The summed E-state index contributed by atoms with van der Waals surface area (Å²) < 4.78 is 1.40. The van der Waals surface area contributed by atoms with E-state index in [0.29, 0.717) is 5.69 Å². The summed E-state index contributed by atoms with van der Waals surface area (Å²) >= 11 is 0. The van der Waals surface area contributed by atoms with E-state index in [2.05, 4.69) is 10.1 Å². The van der Waals surface area contributed by atoms with Gasteiger partial charge in [-0.15, -0.1) is 0 Å². The largest absolute Gasteiger partial charge is 0.506 e. The summed E-state index contributed by atoms with van der Waals surface area (Å²) in [5.41, 5.74) is 6.38. The van der Waals surface area contributed by atoms with E-state index in [1.165, 1.54) is 23.0 Å². The van der Waals surface area contributed by atoms with Gasteiger partial charge in [0.15, 0.2) is 5.78 Å². The molecule has 0 amide bonds. The zero-order valence-corrected chi connectivity index (χ0v) is 9.45. The van der Waals surface area contributed by atoms with E-state index in [4.69, 9.17) is 10.8 Å². The summed E-state index contributed by atoms with van der Waals surface area (Å²) in [6, 6.07) is 0. The van der Waals surface area contributed by atoms with Gasteiger partial charge in [0.2, 0.25) is 0 Å². The predicted octanol–water partition coefficient (Wildman–Crippen LogP) is 0.111. The molecule has 1 aliphatic carbocycles. The quantitative estimate of drug-likeness (QED) is 0.657. The molecule has 7 nitrogen and oxygen atoms in total. The number of anilines is 1. The molecule has 1 aliphatic rings. The Hall–Kier alpha value is -2.41. The molecular formula is C11H12N4O3. The maximum Gasteiger partial charge on any atom is 0.182 e. The molecular weight excluding hydrogens is 236 g/mol. The van der Waals surface area contributed by atoms with Crippen LogP contribution < -0.4 is 5.73 Å². The van der Waals surface area contributed by atoms with Crippen LogP contribution in [0.3, 0.4) is 0 Å². The minimum absolute atomic E-state index is 0.0819. The Morgan fingerprint density at radius 3 is 2.89 bits per heavy atom. The van der Waals surface area contributed by atoms with Crippen molar-refractivity contribution < 1.29 is 15.0 Å². The fourth-order valence-corrected chi connectivity index (χ4v) is 1.47. The monoisotopic (exact) mass is 248 g/mol. The van der Waals surface area contributed by atoms with E-state index in [0.717, 1.165) is 6.08 Å². The third kappa shape index (κ3) is 2.30. The maximum atomic E-state index is 11.0.